The van der Waals surface area contributed by atoms with Crippen molar-refractivity contribution < 1.29 is 9.47 Å². The first kappa shape index (κ1) is 13.7. The van der Waals surface area contributed by atoms with Gasteiger partial charge in [0.1, 0.15) is 13.2 Å². The van der Waals surface area contributed by atoms with Gasteiger partial charge in [-0.05, 0) is 27.6 Å². The Kier molecular flexibility index (Phi) is 3.46. The molecule has 1 aromatic heterocycles. The molecule has 3 rings (SSSR count). The first-order chi connectivity index (χ1) is 10.0. The van der Waals surface area contributed by atoms with E-state index in [0.717, 1.165) is 0 Å². The smallest absolute Gasteiger partial charge is 0.328 e. The molecule has 7 nitrogen and oxygen atoms in total. The van der Waals surface area contributed by atoms with Gasteiger partial charge in [0.05, 0.1) is 11.0 Å². The van der Waals surface area contributed by atoms with E-state index < -0.39 is 11.2 Å². The largest absolute Gasteiger partial charge is 0.486 e. The van der Waals surface area contributed by atoms with E-state index in [4.69, 9.17) is 15.2 Å². The summed E-state index contributed by atoms with van der Waals surface area (Å²) in [4.78, 5) is 25.3. The minimum Gasteiger partial charge on any atom is -0.486 e. The number of aromatic nitrogens is 2. The van der Waals surface area contributed by atoms with Crippen LogP contribution in [0.4, 0.5) is 5.69 Å². The third kappa shape index (κ3) is 2.66. The molecular formula is C13H12BrN3O4. The molecule has 0 atom stereocenters. The summed E-state index contributed by atoms with van der Waals surface area (Å²) in [5.41, 5.74) is 6.21. The maximum Gasteiger partial charge on any atom is 0.328 e. The Labute approximate surface area is 127 Å². The SMILES string of the molecule is Nc1cc2c(cc1Cn1cc(Br)c(=O)[nH]c1=O)OCCO2. The summed E-state index contributed by atoms with van der Waals surface area (Å²) >= 11 is 3.09. The summed E-state index contributed by atoms with van der Waals surface area (Å²) in [6, 6.07) is 3.42. The second-order valence-corrected chi connectivity index (χ2v) is 5.41. The molecular weight excluding hydrogens is 342 g/mol. The maximum absolute atomic E-state index is 11.8. The van der Waals surface area contributed by atoms with Crippen molar-refractivity contribution in [2.75, 3.05) is 18.9 Å². The number of nitrogen functional groups attached to an aromatic ring is 1. The molecule has 110 valence electrons. The van der Waals surface area contributed by atoms with E-state index in [1.165, 1.54) is 10.8 Å². The number of halogens is 1. The lowest BCUT2D eigenvalue weighted by molar-refractivity contribution is 0.171. The van der Waals surface area contributed by atoms with Crippen molar-refractivity contribution in [3.63, 3.8) is 0 Å². The average Bonchev–Trinajstić information content (AvgIpc) is 2.45. The van der Waals surface area contributed by atoms with Crippen LogP contribution in [0, 0.1) is 0 Å². The molecule has 1 aromatic carbocycles. The summed E-state index contributed by atoms with van der Waals surface area (Å²) < 4.78 is 12.6. The predicted molar refractivity (Wildman–Crippen MR) is 80.0 cm³/mol. The number of rotatable bonds is 2. The summed E-state index contributed by atoms with van der Waals surface area (Å²) in [7, 11) is 0. The van der Waals surface area contributed by atoms with Crippen molar-refractivity contribution >= 4 is 21.6 Å². The van der Waals surface area contributed by atoms with Crippen LogP contribution in [0.2, 0.25) is 0 Å². The van der Waals surface area contributed by atoms with Crippen molar-refractivity contribution in [3.8, 4) is 11.5 Å². The number of H-pyrrole nitrogens is 1. The monoisotopic (exact) mass is 353 g/mol. The zero-order chi connectivity index (χ0) is 15.0. The van der Waals surface area contributed by atoms with E-state index in [1.807, 2.05) is 0 Å². The molecule has 0 fully saturated rings. The maximum atomic E-state index is 11.8. The Morgan fingerprint density at radius 3 is 2.62 bits per heavy atom. The molecule has 1 aliphatic heterocycles. The number of hydrogen-bond donors (Lipinski definition) is 2. The van der Waals surface area contributed by atoms with Crippen LogP contribution in [0.1, 0.15) is 5.56 Å². The molecule has 0 saturated carbocycles. The van der Waals surface area contributed by atoms with Gasteiger partial charge in [0.25, 0.3) is 5.56 Å². The van der Waals surface area contributed by atoms with E-state index >= 15 is 0 Å². The minimum absolute atomic E-state index is 0.219. The molecule has 0 aliphatic carbocycles. The summed E-state index contributed by atoms with van der Waals surface area (Å²) in [6.45, 7) is 1.18. The van der Waals surface area contributed by atoms with Crippen molar-refractivity contribution in [2.24, 2.45) is 0 Å². The first-order valence-electron chi connectivity index (χ1n) is 6.22. The Bertz CT molecular complexity index is 812. The van der Waals surface area contributed by atoms with E-state index in [-0.39, 0.29) is 11.0 Å². The molecule has 8 heteroatoms. The second-order valence-electron chi connectivity index (χ2n) is 4.56. The van der Waals surface area contributed by atoms with Gasteiger partial charge >= 0.3 is 5.69 Å². The number of nitrogens with two attached hydrogens (primary N) is 1. The van der Waals surface area contributed by atoms with Crippen LogP contribution in [0.5, 0.6) is 11.5 Å². The molecule has 2 aromatic rings. The lowest BCUT2D eigenvalue weighted by Crippen LogP contribution is -2.30. The van der Waals surface area contributed by atoms with Gasteiger partial charge in [0, 0.05) is 18.0 Å². The highest BCUT2D eigenvalue weighted by molar-refractivity contribution is 9.10. The molecule has 0 spiro atoms. The van der Waals surface area contributed by atoms with Crippen LogP contribution in [-0.4, -0.2) is 22.8 Å². The lowest BCUT2D eigenvalue weighted by atomic mass is 10.1. The van der Waals surface area contributed by atoms with Gasteiger partial charge in [-0.1, -0.05) is 0 Å². The van der Waals surface area contributed by atoms with Gasteiger partial charge in [0.15, 0.2) is 11.5 Å². The zero-order valence-electron chi connectivity index (χ0n) is 10.9. The third-order valence-electron chi connectivity index (χ3n) is 3.11. The van der Waals surface area contributed by atoms with Crippen molar-refractivity contribution in [1.82, 2.24) is 9.55 Å². The standard InChI is InChI=1S/C13H12BrN3O4/c14-8-6-17(13(19)16-12(8)18)5-7-3-10-11(4-9(7)15)21-2-1-20-10/h3-4,6H,1-2,5,15H2,(H,16,18,19). The Morgan fingerprint density at radius 1 is 1.24 bits per heavy atom. The van der Waals surface area contributed by atoms with Crippen molar-refractivity contribution in [3.05, 3.63) is 49.2 Å². The number of ether oxygens (including phenoxy) is 2. The fourth-order valence-electron chi connectivity index (χ4n) is 2.07. The van der Waals surface area contributed by atoms with Gasteiger partial charge in [0.2, 0.25) is 0 Å². The van der Waals surface area contributed by atoms with Crippen LogP contribution in [0.15, 0.2) is 32.4 Å². The number of fused-ring (bicyclic) bond motifs is 1. The van der Waals surface area contributed by atoms with Crippen LogP contribution >= 0.6 is 15.9 Å². The zero-order valence-corrected chi connectivity index (χ0v) is 12.5. The molecule has 0 radical (unpaired) electrons. The van der Waals surface area contributed by atoms with Gasteiger partial charge in [-0.25, -0.2) is 4.79 Å². The van der Waals surface area contributed by atoms with E-state index in [9.17, 15) is 9.59 Å². The molecule has 3 N–H and O–H groups in total. The summed E-state index contributed by atoms with van der Waals surface area (Å²) in [6.07, 6.45) is 1.43. The highest BCUT2D eigenvalue weighted by atomic mass is 79.9. The van der Waals surface area contributed by atoms with Crippen LogP contribution in [0.25, 0.3) is 0 Å². The summed E-state index contributed by atoms with van der Waals surface area (Å²) in [5, 5.41) is 0. The van der Waals surface area contributed by atoms with Gasteiger partial charge in [-0.2, -0.15) is 0 Å². The van der Waals surface area contributed by atoms with Gasteiger partial charge < -0.3 is 15.2 Å². The van der Waals surface area contributed by atoms with Crippen LogP contribution in [0.3, 0.4) is 0 Å². The van der Waals surface area contributed by atoms with Crippen LogP contribution < -0.4 is 26.5 Å². The average molecular weight is 354 g/mol. The molecule has 0 bridgehead atoms. The highest BCUT2D eigenvalue weighted by Crippen LogP contribution is 2.34. The number of benzene rings is 1. The number of aromatic amines is 1. The molecule has 0 amide bonds. The summed E-state index contributed by atoms with van der Waals surface area (Å²) in [5.74, 6) is 1.19. The molecule has 21 heavy (non-hydrogen) atoms. The van der Waals surface area contributed by atoms with Crippen LogP contribution in [-0.2, 0) is 6.54 Å². The number of hydrogen-bond acceptors (Lipinski definition) is 5. The van der Waals surface area contributed by atoms with E-state index in [2.05, 4.69) is 20.9 Å². The van der Waals surface area contributed by atoms with Crippen molar-refractivity contribution in [1.29, 1.82) is 0 Å². The van der Waals surface area contributed by atoms with Gasteiger partial charge in [-0.15, -0.1) is 0 Å². The van der Waals surface area contributed by atoms with Crippen molar-refractivity contribution in [2.45, 2.75) is 6.54 Å². The fourth-order valence-corrected chi connectivity index (χ4v) is 2.41. The normalized spacial score (nSPS) is 13.2. The molecule has 1 aliphatic rings. The van der Waals surface area contributed by atoms with E-state index in [1.54, 1.807) is 12.1 Å². The minimum atomic E-state index is -0.502. The highest BCUT2D eigenvalue weighted by Gasteiger charge is 2.15. The molecule has 0 saturated heterocycles. The number of nitrogens with one attached hydrogen (secondary N) is 1. The predicted octanol–water partition coefficient (Wildman–Crippen LogP) is 0.701. The quantitative estimate of drug-likeness (QED) is 0.774. The molecule has 0 unspecified atom stereocenters. The Morgan fingerprint density at radius 2 is 1.90 bits per heavy atom. The lowest BCUT2D eigenvalue weighted by Gasteiger charge is -2.20. The van der Waals surface area contributed by atoms with Gasteiger partial charge in [-0.3, -0.25) is 14.3 Å². The number of anilines is 1. The topological polar surface area (TPSA) is 99.3 Å². The Balaban J connectivity index is 2.00. The third-order valence-corrected chi connectivity index (χ3v) is 3.68. The molecule has 2 heterocycles. The number of nitrogens with zero attached hydrogens (tertiary/aromatic N) is 1. The van der Waals surface area contributed by atoms with E-state index in [0.29, 0.717) is 36.0 Å². The first-order valence-corrected chi connectivity index (χ1v) is 7.01. The fraction of sp³-hybridized carbons (Fsp3) is 0.231. The second kappa shape index (κ2) is 5.28. The Hall–Kier alpha value is -2.22.